The Morgan fingerprint density at radius 3 is 2.61 bits per heavy atom. The molecule has 0 saturated carbocycles. The highest BCUT2D eigenvalue weighted by molar-refractivity contribution is 5.22. The molecule has 2 atom stereocenters. The van der Waals surface area contributed by atoms with Gasteiger partial charge in [0.2, 0.25) is 0 Å². The van der Waals surface area contributed by atoms with Crippen molar-refractivity contribution in [3.8, 4) is 0 Å². The molecular formula is C21H24N2. The lowest BCUT2D eigenvalue weighted by molar-refractivity contribution is 0.194. The lowest BCUT2D eigenvalue weighted by Gasteiger charge is -2.34. The Morgan fingerprint density at radius 1 is 0.957 bits per heavy atom. The van der Waals surface area contributed by atoms with Gasteiger partial charge in [-0.15, -0.1) is 0 Å². The van der Waals surface area contributed by atoms with Gasteiger partial charge in [-0.3, -0.25) is 9.88 Å². The molecule has 2 unspecified atom stereocenters. The summed E-state index contributed by atoms with van der Waals surface area (Å²) in [5, 5.41) is 0. The molecule has 0 radical (unpaired) electrons. The van der Waals surface area contributed by atoms with E-state index in [1.54, 1.807) is 5.57 Å². The van der Waals surface area contributed by atoms with Crippen molar-refractivity contribution < 1.29 is 0 Å². The summed E-state index contributed by atoms with van der Waals surface area (Å²) in [6, 6.07) is 18.5. The number of aromatic nitrogens is 1. The van der Waals surface area contributed by atoms with Crippen molar-refractivity contribution in [2.24, 2.45) is 0 Å². The Bertz CT molecular complexity index is 663. The van der Waals surface area contributed by atoms with Crippen LogP contribution in [0.25, 0.3) is 0 Å². The molecule has 2 aliphatic heterocycles. The Kier molecular flexibility index (Phi) is 4.25. The van der Waals surface area contributed by atoms with Crippen LogP contribution in [0.3, 0.4) is 0 Å². The second kappa shape index (κ2) is 6.67. The molecule has 1 aromatic heterocycles. The summed E-state index contributed by atoms with van der Waals surface area (Å²) in [6.07, 6.45) is 10.6. The second-order valence-electron chi connectivity index (χ2n) is 6.81. The third kappa shape index (κ3) is 3.37. The summed E-state index contributed by atoms with van der Waals surface area (Å²) in [6.45, 7) is 1.10. The maximum atomic E-state index is 4.45. The molecule has 1 aromatic carbocycles. The minimum atomic E-state index is 0.646. The van der Waals surface area contributed by atoms with Gasteiger partial charge in [0.05, 0.1) is 0 Å². The standard InChI is InChI=1S/C21H24N2/c1-2-6-17(7-3-1)16-23-20-11-12-21(23)15-18(14-20)9-10-19-8-4-5-13-22-19/h1-8,13-14,20-21H,9-12,15-16H2. The molecule has 2 nitrogen and oxygen atoms in total. The monoisotopic (exact) mass is 304 g/mol. The molecule has 0 amide bonds. The first-order chi connectivity index (χ1) is 11.4. The lowest BCUT2D eigenvalue weighted by Crippen LogP contribution is -2.38. The van der Waals surface area contributed by atoms with E-state index in [2.05, 4.69) is 58.4 Å². The topological polar surface area (TPSA) is 16.1 Å². The van der Waals surface area contributed by atoms with E-state index in [-0.39, 0.29) is 0 Å². The number of benzene rings is 1. The van der Waals surface area contributed by atoms with Crippen molar-refractivity contribution >= 4 is 0 Å². The summed E-state index contributed by atoms with van der Waals surface area (Å²) in [7, 11) is 0. The van der Waals surface area contributed by atoms with Gasteiger partial charge in [-0.25, -0.2) is 0 Å². The quantitative estimate of drug-likeness (QED) is 0.762. The summed E-state index contributed by atoms with van der Waals surface area (Å²) in [5.74, 6) is 0. The zero-order valence-corrected chi connectivity index (χ0v) is 13.6. The fourth-order valence-electron chi connectivity index (χ4n) is 4.07. The van der Waals surface area contributed by atoms with E-state index in [0.29, 0.717) is 6.04 Å². The maximum Gasteiger partial charge on any atom is 0.0406 e. The van der Waals surface area contributed by atoms with Crippen LogP contribution in [0.15, 0.2) is 66.4 Å². The summed E-state index contributed by atoms with van der Waals surface area (Å²) in [4.78, 5) is 7.16. The van der Waals surface area contributed by atoms with Gasteiger partial charge < -0.3 is 0 Å². The third-order valence-corrected chi connectivity index (χ3v) is 5.25. The number of pyridine rings is 1. The van der Waals surface area contributed by atoms with Crippen LogP contribution in [0.2, 0.25) is 0 Å². The smallest absolute Gasteiger partial charge is 0.0406 e. The summed E-state index contributed by atoms with van der Waals surface area (Å²) < 4.78 is 0. The van der Waals surface area contributed by atoms with E-state index in [1.165, 1.54) is 36.9 Å². The van der Waals surface area contributed by atoms with Gasteiger partial charge in [0, 0.05) is 30.5 Å². The van der Waals surface area contributed by atoms with Crippen LogP contribution in [0.5, 0.6) is 0 Å². The van der Waals surface area contributed by atoms with Crippen molar-refractivity contribution in [2.45, 2.75) is 50.7 Å². The maximum absolute atomic E-state index is 4.45. The molecule has 0 aliphatic carbocycles. The number of aryl methyl sites for hydroxylation is 1. The van der Waals surface area contributed by atoms with E-state index in [4.69, 9.17) is 0 Å². The highest BCUT2D eigenvalue weighted by atomic mass is 15.2. The largest absolute Gasteiger partial charge is 0.289 e. The SMILES string of the molecule is C1=C(CCc2ccccn2)CC2CCC1N2Cc1ccccc1. The average Bonchev–Trinajstić information content (AvgIpc) is 2.83. The highest BCUT2D eigenvalue weighted by Crippen LogP contribution is 2.37. The van der Waals surface area contributed by atoms with E-state index in [9.17, 15) is 0 Å². The van der Waals surface area contributed by atoms with Gasteiger partial charge in [0.1, 0.15) is 0 Å². The van der Waals surface area contributed by atoms with Crippen LogP contribution in [-0.4, -0.2) is 22.0 Å². The van der Waals surface area contributed by atoms with Gasteiger partial charge in [0.15, 0.2) is 0 Å². The molecule has 2 aromatic rings. The minimum absolute atomic E-state index is 0.646. The van der Waals surface area contributed by atoms with E-state index in [0.717, 1.165) is 19.0 Å². The molecule has 23 heavy (non-hydrogen) atoms. The Balaban J connectivity index is 1.40. The Hall–Kier alpha value is -1.93. The first kappa shape index (κ1) is 14.6. The molecule has 3 heterocycles. The first-order valence-electron chi connectivity index (χ1n) is 8.77. The van der Waals surface area contributed by atoms with Crippen LogP contribution in [-0.2, 0) is 13.0 Å². The van der Waals surface area contributed by atoms with Crippen molar-refractivity contribution in [1.82, 2.24) is 9.88 Å². The van der Waals surface area contributed by atoms with E-state index >= 15 is 0 Å². The molecular weight excluding hydrogens is 280 g/mol. The predicted octanol–water partition coefficient (Wildman–Crippen LogP) is 4.38. The van der Waals surface area contributed by atoms with Gasteiger partial charge >= 0.3 is 0 Å². The highest BCUT2D eigenvalue weighted by Gasteiger charge is 2.35. The Morgan fingerprint density at radius 2 is 1.83 bits per heavy atom. The molecule has 4 rings (SSSR count). The number of hydrogen-bond donors (Lipinski definition) is 0. The zero-order valence-electron chi connectivity index (χ0n) is 13.6. The average molecular weight is 304 g/mol. The van der Waals surface area contributed by atoms with Crippen LogP contribution < -0.4 is 0 Å². The van der Waals surface area contributed by atoms with Crippen molar-refractivity contribution in [3.05, 3.63) is 77.6 Å². The molecule has 1 fully saturated rings. The molecule has 2 bridgehead atoms. The van der Waals surface area contributed by atoms with Gasteiger partial charge in [-0.2, -0.15) is 0 Å². The number of fused-ring (bicyclic) bond motifs is 2. The van der Waals surface area contributed by atoms with Gasteiger partial charge in [0.25, 0.3) is 0 Å². The summed E-state index contributed by atoms with van der Waals surface area (Å²) in [5.41, 5.74) is 4.30. The normalized spacial score (nSPS) is 23.7. The number of hydrogen-bond acceptors (Lipinski definition) is 2. The molecule has 2 aliphatic rings. The van der Waals surface area contributed by atoms with E-state index < -0.39 is 0 Å². The summed E-state index contributed by atoms with van der Waals surface area (Å²) >= 11 is 0. The number of rotatable bonds is 5. The Labute approximate surface area is 138 Å². The molecule has 0 N–H and O–H groups in total. The second-order valence-corrected chi connectivity index (χ2v) is 6.81. The van der Waals surface area contributed by atoms with Crippen molar-refractivity contribution in [2.75, 3.05) is 0 Å². The molecule has 1 saturated heterocycles. The first-order valence-corrected chi connectivity index (χ1v) is 8.77. The van der Waals surface area contributed by atoms with Crippen LogP contribution in [0.1, 0.15) is 36.9 Å². The molecule has 118 valence electrons. The predicted molar refractivity (Wildman–Crippen MR) is 94.1 cm³/mol. The molecule has 2 heteroatoms. The third-order valence-electron chi connectivity index (χ3n) is 5.25. The zero-order chi connectivity index (χ0) is 15.5. The van der Waals surface area contributed by atoms with Crippen molar-refractivity contribution in [1.29, 1.82) is 0 Å². The minimum Gasteiger partial charge on any atom is -0.289 e. The van der Waals surface area contributed by atoms with Gasteiger partial charge in [-0.05, 0) is 49.8 Å². The van der Waals surface area contributed by atoms with Crippen LogP contribution in [0, 0.1) is 0 Å². The fraction of sp³-hybridized carbons (Fsp3) is 0.381. The van der Waals surface area contributed by atoms with Crippen LogP contribution >= 0.6 is 0 Å². The lowest BCUT2D eigenvalue weighted by atomic mass is 9.96. The molecule has 0 spiro atoms. The van der Waals surface area contributed by atoms with Gasteiger partial charge in [-0.1, -0.05) is 48.0 Å². The fourth-order valence-corrected chi connectivity index (χ4v) is 4.07. The van der Waals surface area contributed by atoms with E-state index in [1.807, 2.05) is 12.3 Å². The van der Waals surface area contributed by atoms with Crippen molar-refractivity contribution in [3.63, 3.8) is 0 Å². The van der Waals surface area contributed by atoms with Crippen LogP contribution in [0.4, 0.5) is 0 Å². The number of nitrogens with zero attached hydrogens (tertiary/aromatic N) is 2.